The summed E-state index contributed by atoms with van der Waals surface area (Å²) in [6, 6.07) is 7.37. The average Bonchev–Trinajstić information content (AvgIpc) is 2.95. The Labute approximate surface area is 272 Å². The number of esters is 1. The van der Waals surface area contributed by atoms with Gasteiger partial charge in [0.15, 0.2) is 0 Å². The van der Waals surface area contributed by atoms with Gasteiger partial charge in [-0.2, -0.15) is 0 Å². The molecule has 0 heterocycles. The van der Waals surface area contributed by atoms with Gasteiger partial charge >= 0.3 is 20.5 Å². The van der Waals surface area contributed by atoms with E-state index in [-0.39, 0.29) is 48.8 Å². The minimum absolute atomic E-state index is 0. The fraction of sp³-hybridized carbons (Fsp3) is 0.742. The predicted molar refractivity (Wildman–Crippen MR) is 169 cm³/mol. The van der Waals surface area contributed by atoms with Gasteiger partial charge in [-0.05, 0) is 44.2 Å². The van der Waals surface area contributed by atoms with Crippen molar-refractivity contribution in [3.8, 4) is 0 Å². The normalized spacial score (nSPS) is 16.3. The smallest absolute Gasteiger partial charge is 0.395 e. The van der Waals surface area contributed by atoms with Crippen LogP contribution < -0.4 is 5.19 Å². The summed E-state index contributed by atoms with van der Waals surface area (Å²) in [6.07, 6.45) is 8.66. The number of carbonyl (C=O) groups is 2. The molecule has 5 N–H and O–H groups in total. The Hall–Kier alpha value is -1.11. The molecule has 0 aliphatic heterocycles. The SMILES string of the molecule is C.C.CCCCO.CCCCO.CCCCOC(=O)C1CCCCC1C(=O)O.CO[Si](O)(CO)c1ccc(C)cc1.[Ti]. The molecule has 0 saturated heterocycles. The Morgan fingerprint density at radius 2 is 1.31 bits per heavy atom. The molecular formula is C31H62O9SiTi. The topological polar surface area (TPSA) is 154 Å². The summed E-state index contributed by atoms with van der Waals surface area (Å²) in [5.41, 5.74) is 1.12. The zero-order valence-corrected chi connectivity index (χ0v) is 27.8. The number of rotatable bonds is 12. The molecule has 0 spiro atoms. The zero-order chi connectivity index (χ0) is 30.1. The fourth-order valence-corrected chi connectivity index (χ4v) is 4.77. The zero-order valence-electron chi connectivity index (χ0n) is 25.2. The van der Waals surface area contributed by atoms with Crippen LogP contribution in [0.4, 0.5) is 0 Å². The van der Waals surface area contributed by atoms with Gasteiger partial charge in [-0.25, -0.2) is 0 Å². The van der Waals surface area contributed by atoms with Gasteiger partial charge in [-0.3, -0.25) is 9.59 Å². The summed E-state index contributed by atoms with van der Waals surface area (Å²) in [5.74, 6) is -2.15. The molecule has 1 aliphatic carbocycles. The standard InChI is InChI=1S/C12H20O4.C9H14O3Si.2C4H10O.2CH4.Ti/c1-2-3-8-16-12(15)10-7-5-4-6-9(10)11(13)14;1-8-3-5-9(6-4-8)13(11,7-10)12-2;2*1-2-3-4-5;;;/h9-10H,2-8H2,1H3,(H,13,14);3-6,10-11H,7H2,1-2H3;2*5H,2-4H2,1H3;2*1H4;. The second kappa shape index (κ2) is 32.8. The summed E-state index contributed by atoms with van der Waals surface area (Å²) in [7, 11) is -1.62. The minimum atomic E-state index is -3.04. The van der Waals surface area contributed by atoms with E-state index in [2.05, 4.69) is 13.8 Å². The molecule has 3 unspecified atom stereocenters. The summed E-state index contributed by atoms with van der Waals surface area (Å²) in [5, 5.41) is 34.8. The molecule has 0 amide bonds. The van der Waals surface area contributed by atoms with Crippen molar-refractivity contribution in [3.63, 3.8) is 0 Å². The van der Waals surface area contributed by atoms with E-state index in [1.54, 1.807) is 12.1 Å². The molecular weight excluding hydrogens is 592 g/mol. The van der Waals surface area contributed by atoms with Gasteiger partial charge in [-0.15, -0.1) is 0 Å². The van der Waals surface area contributed by atoms with Gasteiger partial charge in [0, 0.05) is 42.0 Å². The monoisotopic (exact) mass is 654 g/mol. The second-order valence-corrected chi connectivity index (χ2v) is 12.4. The third kappa shape index (κ3) is 23.4. The molecule has 1 saturated carbocycles. The van der Waals surface area contributed by atoms with Crippen molar-refractivity contribution >= 4 is 25.7 Å². The second-order valence-electron chi connectivity index (χ2n) is 9.52. The third-order valence-electron chi connectivity index (χ3n) is 6.21. The summed E-state index contributed by atoms with van der Waals surface area (Å²) in [4.78, 5) is 32.6. The van der Waals surface area contributed by atoms with Crippen molar-refractivity contribution in [2.45, 2.75) is 107 Å². The first-order valence-corrected chi connectivity index (χ1v) is 16.2. The first kappa shape index (κ1) is 50.5. The number of carboxylic acid groups (broad SMARTS) is 1. The fourth-order valence-electron chi connectivity index (χ4n) is 3.54. The number of aliphatic carboxylic acids is 1. The number of hydrogen-bond acceptors (Lipinski definition) is 8. The van der Waals surface area contributed by atoms with E-state index in [9.17, 15) is 14.4 Å². The number of benzene rings is 1. The van der Waals surface area contributed by atoms with E-state index in [4.69, 9.17) is 29.6 Å². The van der Waals surface area contributed by atoms with Crippen molar-refractivity contribution in [2.24, 2.45) is 11.8 Å². The van der Waals surface area contributed by atoms with Crippen LogP contribution in [0.1, 0.15) is 105 Å². The van der Waals surface area contributed by atoms with Gasteiger partial charge in [0.2, 0.25) is 0 Å². The van der Waals surface area contributed by atoms with Crippen LogP contribution in [-0.2, 0) is 40.5 Å². The molecule has 9 nitrogen and oxygen atoms in total. The molecule has 1 aliphatic rings. The van der Waals surface area contributed by atoms with Gasteiger partial charge in [-0.1, -0.05) is 97.6 Å². The number of ether oxygens (including phenoxy) is 1. The van der Waals surface area contributed by atoms with Crippen LogP contribution in [0.2, 0.25) is 0 Å². The van der Waals surface area contributed by atoms with Crippen molar-refractivity contribution in [1.29, 1.82) is 0 Å². The van der Waals surface area contributed by atoms with E-state index in [1.807, 2.05) is 26.0 Å². The van der Waals surface area contributed by atoms with Crippen LogP contribution in [0.15, 0.2) is 24.3 Å². The Bertz CT molecular complexity index is 722. The Morgan fingerprint density at radius 3 is 1.64 bits per heavy atom. The minimum Gasteiger partial charge on any atom is -0.481 e. The van der Waals surface area contributed by atoms with Gasteiger partial charge < -0.3 is 34.4 Å². The van der Waals surface area contributed by atoms with Crippen LogP contribution >= 0.6 is 0 Å². The Morgan fingerprint density at radius 1 is 0.857 bits per heavy atom. The van der Waals surface area contributed by atoms with Gasteiger partial charge in [0.05, 0.1) is 24.7 Å². The molecule has 11 heteroatoms. The molecule has 3 atom stereocenters. The third-order valence-corrected chi connectivity index (χ3v) is 8.55. The Kier molecular flexibility index (Phi) is 39.4. The number of aliphatic hydroxyl groups is 3. The van der Waals surface area contributed by atoms with E-state index < -0.39 is 26.4 Å². The molecule has 0 aromatic heterocycles. The van der Waals surface area contributed by atoms with Crippen LogP contribution in [0.3, 0.4) is 0 Å². The molecule has 1 aromatic rings. The first-order chi connectivity index (χ1) is 18.6. The molecule has 42 heavy (non-hydrogen) atoms. The number of aliphatic hydroxyl groups excluding tert-OH is 3. The average molecular weight is 655 g/mol. The largest absolute Gasteiger partial charge is 0.481 e. The van der Waals surface area contributed by atoms with Crippen molar-refractivity contribution in [1.82, 2.24) is 0 Å². The van der Waals surface area contributed by atoms with Crippen molar-refractivity contribution in [3.05, 3.63) is 29.8 Å². The maximum absolute atomic E-state index is 11.7. The maximum atomic E-state index is 11.7. The molecule has 1 aromatic carbocycles. The quantitative estimate of drug-likeness (QED) is 0.121. The predicted octanol–water partition coefficient (Wildman–Crippen LogP) is 4.86. The summed E-state index contributed by atoms with van der Waals surface area (Å²) < 4.78 is 10.1. The molecule has 0 bridgehead atoms. The molecule has 0 radical (unpaired) electrons. The summed E-state index contributed by atoms with van der Waals surface area (Å²) >= 11 is 0. The van der Waals surface area contributed by atoms with Crippen molar-refractivity contribution < 1.29 is 65.7 Å². The number of carbonyl (C=O) groups excluding carboxylic acids is 1. The number of unbranched alkanes of at least 4 members (excludes halogenated alkanes) is 3. The van der Waals surface area contributed by atoms with E-state index in [1.165, 1.54) is 7.11 Å². The van der Waals surface area contributed by atoms with Crippen molar-refractivity contribution in [2.75, 3.05) is 33.2 Å². The number of hydrogen-bond donors (Lipinski definition) is 5. The van der Waals surface area contributed by atoms with Crippen LogP contribution in [0, 0.1) is 18.8 Å². The summed E-state index contributed by atoms with van der Waals surface area (Å²) in [6.45, 7) is 9.20. The van der Waals surface area contributed by atoms with E-state index >= 15 is 0 Å². The van der Waals surface area contributed by atoms with Gasteiger partial charge in [0.25, 0.3) is 0 Å². The number of carboxylic acids is 1. The molecule has 248 valence electrons. The molecule has 1 fully saturated rings. The van der Waals surface area contributed by atoms with Crippen LogP contribution in [0.5, 0.6) is 0 Å². The molecule has 2 rings (SSSR count). The first-order valence-electron chi connectivity index (χ1n) is 14.2. The van der Waals surface area contributed by atoms with E-state index in [0.29, 0.717) is 37.8 Å². The number of aryl methyl sites for hydroxylation is 1. The van der Waals surface area contributed by atoms with Gasteiger partial charge in [0.1, 0.15) is 0 Å². The van der Waals surface area contributed by atoms with Crippen LogP contribution in [0.25, 0.3) is 0 Å². The maximum Gasteiger partial charge on any atom is 0.395 e. The van der Waals surface area contributed by atoms with Crippen LogP contribution in [-0.4, -0.2) is 78.9 Å². The Balaban J connectivity index is -0.000000158. The van der Waals surface area contributed by atoms with E-state index in [0.717, 1.165) is 56.9 Å².